The number of para-hydroxylation sites is 1. The average Bonchev–Trinajstić information content (AvgIpc) is 3.35. The molecule has 45 heavy (non-hydrogen) atoms. The molecule has 0 radical (unpaired) electrons. The van der Waals surface area contributed by atoms with E-state index in [-0.39, 0.29) is 5.69 Å². The van der Waals surface area contributed by atoms with E-state index >= 15 is 35.1 Å². The largest absolute Gasteiger partial charge is 0.435 e. The van der Waals surface area contributed by atoms with Crippen molar-refractivity contribution in [2.45, 2.75) is 51.0 Å². The molecular formula is C32H27BF10NP. The number of rotatable bonds is 6. The normalized spacial score (nSPS) is 17.5. The molecule has 0 spiro atoms. The van der Waals surface area contributed by atoms with Crippen LogP contribution in [0.25, 0.3) is 0 Å². The van der Waals surface area contributed by atoms with Crippen LogP contribution in [0, 0.1) is 58.2 Å². The summed E-state index contributed by atoms with van der Waals surface area (Å²) in [5.74, 6) is -24.4. The summed E-state index contributed by atoms with van der Waals surface area (Å²) in [6, 6.07) is 15.6. The van der Waals surface area contributed by atoms with Crippen molar-refractivity contribution in [3.63, 3.8) is 0 Å². The maximum Gasteiger partial charge on any atom is 0.341 e. The first-order valence-corrected chi connectivity index (χ1v) is 16.1. The Morgan fingerprint density at radius 3 is 1.22 bits per heavy atom. The molecule has 0 aromatic heterocycles. The number of nitrogens with zero attached hydrogens (tertiary/aromatic N) is 1. The zero-order valence-corrected chi connectivity index (χ0v) is 25.4. The van der Waals surface area contributed by atoms with Crippen molar-refractivity contribution in [1.82, 2.24) is 0 Å². The first-order valence-electron chi connectivity index (χ1n) is 14.2. The molecule has 4 aromatic carbocycles. The van der Waals surface area contributed by atoms with Gasteiger partial charge in [0.2, 0.25) is 0 Å². The Balaban J connectivity index is 2.22. The van der Waals surface area contributed by atoms with Gasteiger partial charge in [0.15, 0.2) is 34.9 Å². The zero-order valence-electron chi connectivity index (χ0n) is 24.5. The van der Waals surface area contributed by atoms with Crippen LogP contribution in [0.4, 0.5) is 49.6 Å². The molecule has 4 aromatic rings. The van der Waals surface area contributed by atoms with Gasteiger partial charge in [0.1, 0.15) is 29.0 Å². The van der Waals surface area contributed by atoms with Gasteiger partial charge in [0, 0.05) is 29.1 Å². The number of hydrogen-bond acceptors (Lipinski definition) is 0. The Kier molecular flexibility index (Phi) is 8.53. The van der Waals surface area contributed by atoms with Crippen molar-refractivity contribution in [3.05, 3.63) is 124 Å². The molecule has 0 N–H and O–H groups in total. The molecule has 5 rings (SSSR count). The lowest BCUT2D eigenvalue weighted by atomic mass is 9.24. The molecule has 0 saturated heterocycles. The van der Waals surface area contributed by atoms with Crippen molar-refractivity contribution in [2.24, 2.45) is 0 Å². The fraction of sp³-hybridized carbons (Fsp3) is 0.250. The van der Waals surface area contributed by atoms with Gasteiger partial charge in [-0.3, -0.25) is 0 Å². The summed E-state index contributed by atoms with van der Waals surface area (Å²) in [5.41, 5.74) is -4.61. The molecule has 1 unspecified atom stereocenters. The van der Waals surface area contributed by atoms with Gasteiger partial charge in [-0.15, -0.1) is 0 Å². The monoisotopic (exact) mass is 657 g/mol. The molecular weight excluding hydrogens is 630 g/mol. The summed E-state index contributed by atoms with van der Waals surface area (Å²) in [4.78, 5) is 0. The first kappa shape index (κ1) is 32.9. The van der Waals surface area contributed by atoms with E-state index in [4.69, 9.17) is 0 Å². The van der Waals surface area contributed by atoms with E-state index in [9.17, 15) is 8.78 Å². The summed E-state index contributed by atoms with van der Waals surface area (Å²) < 4.78 is 155. The van der Waals surface area contributed by atoms with E-state index < -0.39 is 106 Å². The number of halogens is 10. The fourth-order valence-electron chi connectivity index (χ4n) is 7.69. The number of hydrogen-bond donors (Lipinski definition) is 0. The van der Waals surface area contributed by atoms with Gasteiger partial charge in [-0.05, 0) is 5.56 Å². The van der Waals surface area contributed by atoms with Crippen molar-refractivity contribution in [2.75, 3.05) is 0 Å². The fourth-order valence-corrected chi connectivity index (χ4v) is 14.5. The standard InChI is InChI=1S/C32H27BF10NP/c1-16(2)45(17(3)4)20(18-11-7-5-8-12-18)15-33(44(45)19-13-9-6-10-14-19,21-23(34)27(38)31(42)28(39)24(21)35)22-25(36)29(40)32(43)30(41)26(22)37/h5-14,16-17,20H,15H2,1-4H3. The second kappa shape index (κ2) is 11.7. The van der Waals surface area contributed by atoms with Crippen LogP contribution >= 0.6 is 7.05 Å². The maximum atomic E-state index is 16.2. The van der Waals surface area contributed by atoms with Crippen molar-refractivity contribution < 1.29 is 48.1 Å². The van der Waals surface area contributed by atoms with Crippen molar-refractivity contribution in [3.8, 4) is 0 Å². The highest BCUT2D eigenvalue weighted by Gasteiger charge is 2.63. The summed E-state index contributed by atoms with van der Waals surface area (Å²) in [6.07, 6.45) is -4.94. The van der Waals surface area contributed by atoms with Crippen molar-refractivity contribution in [1.29, 1.82) is 0 Å². The van der Waals surface area contributed by atoms with E-state index in [1.165, 1.54) is 28.5 Å². The third-order valence-corrected chi connectivity index (χ3v) is 15.3. The van der Waals surface area contributed by atoms with Crippen LogP contribution in [0.2, 0.25) is 6.32 Å². The van der Waals surface area contributed by atoms with E-state index in [1.54, 1.807) is 64.1 Å². The van der Waals surface area contributed by atoms with Crippen LogP contribution in [-0.2, 0) is 0 Å². The van der Waals surface area contributed by atoms with Crippen LogP contribution in [0.5, 0.6) is 0 Å². The van der Waals surface area contributed by atoms with Crippen molar-refractivity contribution >= 4 is 29.9 Å². The SMILES string of the molecule is CC(C)P1(C(C)C)=[N+](c2ccccc2)[B-](c2c(F)c(F)c(F)c(F)c2F)(c2c(F)c(F)c(F)c(F)c2F)CC1c1ccccc1. The van der Waals surface area contributed by atoms with E-state index in [2.05, 4.69) is 0 Å². The van der Waals surface area contributed by atoms with Crippen LogP contribution in [-0.4, -0.2) is 21.8 Å². The molecule has 0 bridgehead atoms. The minimum atomic E-state index is -4.21. The number of benzene rings is 4. The van der Waals surface area contributed by atoms with Gasteiger partial charge in [-0.2, -0.15) is 0 Å². The average molecular weight is 657 g/mol. The Morgan fingerprint density at radius 2 is 0.867 bits per heavy atom. The first-order chi connectivity index (χ1) is 21.2. The molecule has 1 nitrogen and oxygen atoms in total. The zero-order chi connectivity index (χ0) is 33.2. The highest BCUT2D eigenvalue weighted by Crippen LogP contribution is 2.75. The lowest BCUT2D eigenvalue weighted by Gasteiger charge is -2.41. The quantitative estimate of drug-likeness (QED) is 0.0640. The van der Waals surface area contributed by atoms with Gasteiger partial charge in [-0.1, -0.05) is 93.5 Å². The van der Waals surface area contributed by atoms with E-state index in [1.807, 2.05) is 0 Å². The van der Waals surface area contributed by atoms with Crippen LogP contribution < -0.4 is 10.9 Å². The summed E-state index contributed by atoms with van der Waals surface area (Å²) in [6.45, 7) is 7.01. The Morgan fingerprint density at radius 1 is 0.533 bits per heavy atom. The van der Waals surface area contributed by atoms with Gasteiger partial charge >= 0.3 is 6.28 Å². The predicted molar refractivity (Wildman–Crippen MR) is 155 cm³/mol. The smallest absolute Gasteiger partial charge is 0.341 e. The molecule has 1 heterocycles. The molecule has 0 fully saturated rings. The van der Waals surface area contributed by atoms with Crippen LogP contribution in [0.15, 0.2) is 60.7 Å². The summed E-state index contributed by atoms with van der Waals surface area (Å²) >= 11 is 0. The van der Waals surface area contributed by atoms with Gasteiger partial charge in [0.05, 0.1) is 7.05 Å². The Hall–Kier alpha value is -3.53. The van der Waals surface area contributed by atoms with Crippen LogP contribution in [0.3, 0.4) is 0 Å². The molecule has 1 aliphatic rings. The van der Waals surface area contributed by atoms with Gasteiger partial charge in [0.25, 0.3) is 0 Å². The lowest BCUT2D eigenvalue weighted by Crippen LogP contribution is -2.68. The second-order valence-corrected chi connectivity index (χ2v) is 16.5. The highest BCUT2D eigenvalue weighted by atomic mass is 31.2. The Labute approximate surface area is 253 Å². The predicted octanol–water partition coefficient (Wildman–Crippen LogP) is 9.25. The van der Waals surface area contributed by atoms with E-state index in [0.717, 1.165) is 0 Å². The highest BCUT2D eigenvalue weighted by molar-refractivity contribution is 7.67. The van der Waals surface area contributed by atoms with Gasteiger partial charge < -0.3 is 4.24 Å². The maximum absolute atomic E-state index is 16.2. The topological polar surface area (TPSA) is 3.01 Å². The second-order valence-electron chi connectivity index (χ2n) is 11.8. The Bertz CT molecular complexity index is 1720. The molecule has 0 amide bonds. The third-order valence-electron chi connectivity index (χ3n) is 9.16. The third kappa shape index (κ3) is 4.49. The lowest BCUT2D eigenvalue weighted by molar-refractivity contribution is -0.267. The molecule has 13 heteroatoms. The van der Waals surface area contributed by atoms with E-state index in [0.29, 0.717) is 5.56 Å². The summed E-state index contributed by atoms with van der Waals surface area (Å²) in [7, 11) is -3.25. The molecule has 238 valence electrons. The molecule has 1 aliphatic heterocycles. The van der Waals surface area contributed by atoms with Crippen LogP contribution in [0.1, 0.15) is 38.9 Å². The minimum absolute atomic E-state index is 0.0551. The molecule has 0 aliphatic carbocycles. The van der Waals surface area contributed by atoms with Gasteiger partial charge in [-0.25, -0.2) is 43.9 Å². The minimum Gasteiger partial charge on any atom is -0.435 e. The summed E-state index contributed by atoms with van der Waals surface area (Å²) in [5, 5.41) is 0. The molecule has 1 atom stereocenters. The molecule has 0 saturated carbocycles.